The van der Waals surface area contributed by atoms with Crippen molar-refractivity contribution in [2.24, 2.45) is 5.92 Å². The van der Waals surface area contributed by atoms with E-state index >= 15 is 0 Å². The van der Waals surface area contributed by atoms with E-state index in [1.54, 1.807) is 6.20 Å². The highest BCUT2D eigenvalue weighted by atomic mass is 32.2. The van der Waals surface area contributed by atoms with Gasteiger partial charge in [-0.25, -0.2) is 17.7 Å². The highest BCUT2D eigenvalue weighted by Gasteiger charge is 2.32. The van der Waals surface area contributed by atoms with E-state index in [2.05, 4.69) is 25.4 Å². The second kappa shape index (κ2) is 9.37. The molecule has 10 nitrogen and oxygen atoms in total. The first kappa shape index (κ1) is 22.4. The molecule has 1 N–H and O–H groups in total. The number of sulfonamides is 1. The summed E-state index contributed by atoms with van der Waals surface area (Å²) in [5.74, 6) is 2.15. The van der Waals surface area contributed by atoms with Gasteiger partial charge in [-0.1, -0.05) is 6.07 Å². The van der Waals surface area contributed by atoms with Crippen LogP contribution in [0.1, 0.15) is 18.4 Å². The van der Waals surface area contributed by atoms with Gasteiger partial charge in [0.15, 0.2) is 11.6 Å². The minimum Gasteiger partial charge on any atom is -0.352 e. The van der Waals surface area contributed by atoms with E-state index in [0.29, 0.717) is 63.7 Å². The Labute approximate surface area is 188 Å². The fraction of sp³-hybridized carbons (Fsp3) is 0.524. The van der Waals surface area contributed by atoms with Crippen LogP contribution in [0, 0.1) is 12.8 Å². The van der Waals surface area contributed by atoms with Gasteiger partial charge in [-0.3, -0.25) is 4.79 Å². The van der Waals surface area contributed by atoms with E-state index in [-0.39, 0.29) is 11.8 Å². The summed E-state index contributed by atoms with van der Waals surface area (Å²) in [6.45, 7) is 5.46. The normalized spacial score (nSPS) is 18.6. The number of rotatable bonds is 5. The molecule has 0 bridgehead atoms. The summed E-state index contributed by atoms with van der Waals surface area (Å²) in [5, 5.41) is 11.7. The van der Waals surface area contributed by atoms with Gasteiger partial charge >= 0.3 is 0 Å². The van der Waals surface area contributed by atoms with Gasteiger partial charge in [-0.2, -0.15) is 0 Å². The molecule has 4 rings (SSSR count). The average Bonchev–Trinajstić information content (AvgIpc) is 2.80. The van der Waals surface area contributed by atoms with Gasteiger partial charge in [0.05, 0.1) is 6.26 Å². The van der Waals surface area contributed by atoms with Crippen molar-refractivity contribution in [1.29, 1.82) is 0 Å². The molecule has 11 heteroatoms. The highest BCUT2D eigenvalue weighted by Crippen LogP contribution is 2.23. The Bertz CT molecular complexity index is 1030. The Hall–Kier alpha value is -2.79. The lowest BCUT2D eigenvalue weighted by atomic mass is 9.96. The summed E-state index contributed by atoms with van der Waals surface area (Å²) in [6.07, 6.45) is 4.18. The van der Waals surface area contributed by atoms with Gasteiger partial charge in [-0.15, -0.1) is 10.2 Å². The van der Waals surface area contributed by atoms with Crippen LogP contribution in [-0.4, -0.2) is 84.2 Å². The quantitative estimate of drug-likeness (QED) is 0.711. The third-order valence-electron chi connectivity index (χ3n) is 6.01. The van der Waals surface area contributed by atoms with E-state index in [9.17, 15) is 13.2 Å². The van der Waals surface area contributed by atoms with Crippen molar-refractivity contribution in [3.8, 4) is 0 Å². The van der Waals surface area contributed by atoms with Crippen LogP contribution >= 0.6 is 0 Å². The average molecular weight is 460 g/mol. The van der Waals surface area contributed by atoms with Crippen molar-refractivity contribution in [3.63, 3.8) is 0 Å². The number of anilines is 3. The van der Waals surface area contributed by atoms with Crippen LogP contribution < -0.4 is 10.2 Å². The second-order valence-corrected chi connectivity index (χ2v) is 10.4. The minimum absolute atomic E-state index is 0.0971. The fourth-order valence-corrected chi connectivity index (χ4v) is 4.96. The summed E-state index contributed by atoms with van der Waals surface area (Å²) in [5.41, 5.74) is 1.09. The highest BCUT2D eigenvalue weighted by molar-refractivity contribution is 7.88. The van der Waals surface area contributed by atoms with Crippen LogP contribution in [0.15, 0.2) is 30.5 Å². The molecular weight excluding hydrogens is 430 g/mol. The Balaban J connectivity index is 1.27. The topological polar surface area (TPSA) is 112 Å². The van der Waals surface area contributed by atoms with Crippen LogP contribution in [0.3, 0.4) is 0 Å². The van der Waals surface area contributed by atoms with E-state index in [1.165, 1.54) is 10.6 Å². The molecular formula is C21H29N7O3S. The van der Waals surface area contributed by atoms with Crippen molar-refractivity contribution in [2.45, 2.75) is 19.8 Å². The molecule has 0 radical (unpaired) electrons. The first-order chi connectivity index (χ1) is 15.3. The molecule has 4 heterocycles. The Morgan fingerprint density at radius 1 is 0.969 bits per heavy atom. The smallest absolute Gasteiger partial charge is 0.225 e. The molecule has 2 aliphatic rings. The van der Waals surface area contributed by atoms with Crippen LogP contribution in [-0.2, 0) is 14.8 Å². The van der Waals surface area contributed by atoms with Gasteiger partial charge in [-0.05, 0) is 43.5 Å². The minimum atomic E-state index is -3.18. The number of carbonyl (C=O) groups is 1. The first-order valence-corrected chi connectivity index (χ1v) is 12.7. The van der Waals surface area contributed by atoms with E-state index in [0.717, 1.165) is 11.4 Å². The molecule has 2 saturated heterocycles. The molecule has 0 unspecified atom stereocenters. The maximum atomic E-state index is 12.9. The van der Waals surface area contributed by atoms with Gasteiger partial charge in [0.1, 0.15) is 5.82 Å². The van der Waals surface area contributed by atoms with E-state index in [4.69, 9.17) is 0 Å². The van der Waals surface area contributed by atoms with Crippen molar-refractivity contribution in [3.05, 3.63) is 36.0 Å². The number of nitrogens with one attached hydrogen (secondary N) is 1. The third-order valence-corrected chi connectivity index (χ3v) is 7.31. The number of carbonyl (C=O) groups excluding carboxylic acids is 1. The molecule has 2 aromatic heterocycles. The number of nitrogens with zero attached hydrogens (tertiary/aromatic N) is 6. The number of aryl methyl sites for hydroxylation is 1. The summed E-state index contributed by atoms with van der Waals surface area (Å²) < 4.78 is 24.8. The molecule has 0 saturated carbocycles. The van der Waals surface area contributed by atoms with Crippen LogP contribution in [0.5, 0.6) is 0 Å². The van der Waals surface area contributed by atoms with Gasteiger partial charge in [0.2, 0.25) is 15.9 Å². The molecule has 2 fully saturated rings. The predicted molar refractivity (Wildman–Crippen MR) is 122 cm³/mol. The third kappa shape index (κ3) is 5.33. The number of hydrogen-bond acceptors (Lipinski definition) is 8. The molecule has 0 spiro atoms. The fourth-order valence-electron chi connectivity index (χ4n) is 4.08. The monoisotopic (exact) mass is 459 g/mol. The van der Waals surface area contributed by atoms with Crippen LogP contribution in [0.2, 0.25) is 0 Å². The lowest BCUT2D eigenvalue weighted by molar-refractivity contribution is -0.137. The lowest BCUT2D eigenvalue weighted by Gasteiger charge is -2.38. The zero-order chi connectivity index (χ0) is 22.7. The largest absolute Gasteiger partial charge is 0.352 e. The van der Waals surface area contributed by atoms with Crippen molar-refractivity contribution >= 4 is 33.4 Å². The second-order valence-electron chi connectivity index (χ2n) is 8.37. The molecule has 172 valence electrons. The Kier molecular flexibility index (Phi) is 6.56. The lowest BCUT2D eigenvalue weighted by Crippen LogP contribution is -2.52. The van der Waals surface area contributed by atoms with E-state index < -0.39 is 10.0 Å². The molecule has 2 aromatic rings. The molecule has 0 atom stereocenters. The molecule has 0 aliphatic carbocycles. The Morgan fingerprint density at radius 2 is 1.66 bits per heavy atom. The number of amides is 1. The maximum Gasteiger partial charge on any atom is 0.225 e. The zero-order valence-corrected chi connectivity index (χ0v) is 19.3. The zero-order valence-electron chi connectivity index (χ0n) is 18.4. The van der Waals surface area contributed by atoms with Gasteiger partial charge in [0.25, 0.3) is 0 Å². The number of aromatic nitrogens is 3. The number of piperazine rings is 1. The number of hydrogen-bond donors (Lipinski definition) is 1. The van der Waals surface area contributed by atoms with Crippen molar-refractivity contribution in [2.75, 3.05) is 55.7 Å². The Morgan fingerprint density at radius 3 is 2.22 bits per heavy atom. The van der Waals surface area contributed by atoms with Crippen LogP contribution in [0.25, 0.3) is 0 Å². The maximum absolute atomic E-state index is 12.9. The standard InChI is InChI=1S/C21H29N7O3S/c1-16-3-4-18(22-15-16)23-19-5-6-20(25-24-19)26-11-13-27(14-12-26)21(29)17-7-9-28(10-8-17)32(2,30)31/h3-6,15,17H,7-14H2,1-2H3,(H,22,23,24). The summed E-state index contributed by atoms with van der Waals surface area (Å²) >= 11 is 0. The summed E-state index contributed by atoms with van der Waals surface area (Å²) in [4.78, 5) is 21.2. The summed E-state index contributed by atoms with van der Waals surface area (Å²) in [6, 6.07) is 7.66. The molecule has 0 aromatic carbocycles. The first-order valence-electron chi connectivity index (χ1n) is 10.8. The number of pyridine rings is 1. The predicted octanol–water partition coefficient (Wildman–Crippen LogP) is 1.24. The van der Waals surface area contributed by atoms with Crippen molar-refractivity contribution < 1.29 is 13.2 Å². The summed E-state index contributed by atoms with van der Waals surface area (Å²) in [7, 11) is -3.18. The van der Waals surface area contributed by atoms with Gasteiger partial charge in [0, 0.05) is 51.4 Å². The van der Waals surface area contributed by atoms with E-state index in [1.807, 2.05) is 36.1 Å². The number of piperidine rings is 1. The molecule has 2 aliphatic heterocycles. The molecule has 32 heavy (non-hydrogen) atoms. The van der Waals surface area contributed by atoms with Crippen molar-refractivity contribution in [1.82, 2.24) is 24.4 Å². The SMILES string of the molecule is Cc1ccc(Nc2ccc(N3CCN(C(=O)C4CCN(S(C)(=O)=O)CC4)CC3)nn2)nc1. The molecule has 1 amide bonds. The van der Waals surface area contributed by atoms with Crippen LogP contribution in [0.4, 0.5) is 17.5 Å². The van der Waals surface area contributed by atoms with Gasteiger partial charge < -0.3 is 15.1 Å².